The second kappa shape index (κ2) is 5.54. The van der Waals surface area contributed by atoms with Crippen LogP contribution in [0.4, 0.5) is 5.69 Å². The van der Waals surface area contributed by atoms with Gasteiger partial charge in [0.1, 0.15) is 0 Å². The number of nitrogens with one attached hydrogen (secondary N) is 1. The van der Waals surface area contributed by atoms with Gasteiger partial charge in [-0.15, -0.1) is 0 Å². The minimum Gasteiger partial charge on any atom is -0.366 e. The Morgan fingerprint density at radius 1 is 1.29 bits per heavy atom. The van der Waals surface area contributed by atoms with Crippen LogP contribution < -0.4 is 10.2 Å². The number of aryl methyl sites for hydroxylation is 1. The fourth-order valence-electron chi connectivity index (χ4n) is 2.56. The molecule has 1 aliphatic heterocycles. The normalized spacial score (nSPS) is 20.9. The fourth-order valence-corrected chi connectivity index (χ4v) is 2.56. The van der Waals surface area contributed by atoms with Gasteiger partial charge < -0.3 is 10.2 Å². The molecule has 17 heavy (non-hydrogen) atoms. The molecule has 2 nitrogen and oxygen atoms in total. The van der Waals surface area contributed by atoms with Crippen molar-refractivity contribution < 1.29 is 0 Å². The van der Waals surface area contributed by atoms with E-state index in [0.29, 0.717) is 12.0 Å². The van der Waals surface area contributed by atoms with Crippen LogP contribution in [0.5, 0.6) is 0 Å². The maximum absolute atomic E-state index is 3.50. The van der Waals surface area contributed by atoms with E-state index in [1.54, 1.807) is 0 Å². The lowest BCUT2D eigenvalue weighted by atomic mass is 9.99. The summed E-state index contributed by atoms with van der Waals surface area (Å²) in [6.45, 7) is 10.1. The average molecular weight is 232 g/mol. The SMILES string of the molecule is CCc1ccc(N2CCNCC2C(C)C)cc1. The summed E-state index contributed by atoms with van der Waals surface area (Å²) in [4.78, 5) is 2.56. The fraction of sp³-hybridized carbons (Fsp3) is 0.600. The van der Waals surface area contributed by atoms with Gasteiger partial charge >= 0.3 is 0 Å². The van der Waals surface area contributed by atoms with E-state index in [-0.39, 0.29) is 0 Å². The van der Waals surface area contributed by atoms with Gasteiger partial charge in [-0.05, 0) is 30.0 Å². The van der Waals surface area contributed by atoms with Crippen LogP contribution in [0.2, 0.25) is 0 Å². The molecular weight excluding hydrogens is 208 g/mol. The number of rotatable bonds is 3. The molecule has 0 radical (unpaired) electrons. The average Bonchev–Trinajstić information content (AvgIpc) is 2.39. The lowest BCUT2D eigenvalue weighted by molar-refractivity contribution is 0.390. The molecule has 1 aromatic rings. The molecule has 2 heteroatoms. The molecule has 1 aliphatic rings. The zero-order valence-corrected chi connectivity index (χ0v) is 11.2. The molecular formula is C15H24N2. The van der Waals surface area contributed by atoms with Gasteiger partial charge in [0, 0.05) is 31.4 Å². The number of anilines is 1. The lowest BCUT2D eigenvalue weighted by Gasteiger charge is -2.40. The van der Waals surface area contributed by atoms with Crippen molar-refractivity contribution in [3.63, 3.8) is 0 Å². The monoisotopic (exact) mass is 232 g/mol. The van der Waals surface area contributed by atoms with Gasteiger partial charge in [-0.2, -0.15) is 0 Å². The highest BCUT2D eigenvalue weighted by Crippen LogP contribution is 2.22. The largest absolute Gasteiger partial charge is 0.366 e. The second-order valence-corrected chi connectivity index (χ2v) is 5.23. The second-order valence-electron chi connectivity index (χ2n) is 5.23. The molecule has 1 saturated heterocycles. The van der Waals surface area contributed by atoms with Gasteiger partial charge in [0.2, 0.25) is 0 Å². The molecule has 0 saturated carbocycles. The summed E-state index contributed by atoms with van der Waals surface area (Å²) in [5.74, 6) is 0.689. The van der Waals surface area contributed by atoms with Crippen LogP contribution in [0.15, 0.2) is 24.3 Å². The van der Waals surface area contributed by atoms with Crippen LogP contribution in [0.1, 0.15) is 26.3 Å². The van der Waals surface area contributed by atoms with Crippen molar-refractivity contribution >= 4 is 5.69 Å². The molecule has 0 aromatic heterocycles. The summed E-state index contributed by atoms with van der Waals surface area (Å²) < 4.78 is 0. The van der Waals surface area contributed by atoms with Crippen LogP contribution in [-0.2, 0) is 6.42 Å². The quantitative estimate of drug-likeness (QED) is 0.862. The van der Waals surface area contributed by atoms with Crippen molar-refractivity contribution in [3.05, 3.63) is 29.8 Å². The molecule has 1 unspecified atom stereocenters. The highest BCUT2D eigenvalue weighted by atomic mass is 15.2. The van der Waals surface area contributed by atoms with Gasteiger partial charge in [-0.1, -0.05) is 32.9 Å². The topological polar surface area (TPSA) is 15.3 Å². The lowest BCUT2D eigenvalue weighted by Crippen LogP contribution is -2.53. The zero-order valence-electron chi connectivity index (χ0n) is 11.2. The minimum atomic E-state index is 0.622. The molecule has 1 atom stereocenters. The van der Waals surface area contributed by atoms with E-state index in [2.05, 4.69) is 55.3 Å². The van der Waals surface area contributed by atoms with Crippen LogP contribution in [0, 0.1) is 5.92 Å². The first-order chi connectivity index (χ1) is 8.22. The Morgan fingerprint density at radius 2 is 2.00 bits per heavy atom. The third-order valence-electron chi connectivity index (χ3n) is 3.73. The van der Waals surface area contributed by atoms with Gasteiger partial charge in [0.05, 0.1) is 0 Å². The predicted octanol–water partition coefficient (Wildman–Crippen LogP) is 2.68. The number of hydrogen-bond donors (Lipinski definition) is 1. The first-order valence-corrected chi connectivity index (χ1v) is 6.78. The van der Waals surface area contributed by atoms with Crippen LogP contribution >= 0.6 is 0 Å². The Balaban J connectivity index is 2.17. The summed E-state index contributed by atoms with van der Waals surface area (Å²) in [7, 11) is 0. The van der Waals surface area contributed by atoms with Gasteiger partial charge in [-0.3, -0.25) is 0 Å². The van der Waals surface area contributed by atoms with Gasteiger partial charge in [0.25, 0.3) is 0 Å². The van der Waals surface area contributed by atoms with Gasteiger partial charge in [0.15, 0.2) is 0 Å². The van der Waals surface area contributed by atoms with Crippen molar-refractivity contribution in [1.82, 2.24) is 5.32 Å². The minimum absolute atomic E-state index is 0.622. The third-order valence-corrected chi connectivity index (χ3v) is 3.73. The van der Waals surface area contributed by atoms with E-state index in [1.165, 1.54) is 11.3 Å². The Bertz CT molecular complexity index is 342. The van der Waals surface area contributed by atoms with E-state index in [9.17, 15) is 0 Å². The van der Waals surface area contributed by atoms with Gasteiger partial charge in [-0.25, -0.2) is 0 Å². The maximum atomic E-state index is 3.50. The number of hydrogen-bond acceptors (Lipinski definition) is 2. The molecule has 0 aliphatic carbocycles. The van der Waals surface area contributed by atoms with Crippen LogP contribution in [0.25, 0.3) is 0 Å². The summed E-state index contributed by atoms with van der Waals surface area (Å²) in [5.41, 5.74) is 2.80. The molecule has 1 N–H and O–H groups in total. The highest BCUT2D eigenvalue weighted by molar-refractivity contribution is 5.49. The zero-order chi connectivity index (χ0) is 12.3. The van der Waals surface area contributed by atoms with Crippen molar-refractivity contribution in [3.8, 4) is 0 Å². The molecule has 94 valence electrons. The van der Waals surface area contributed by atoms with E-state index in [4.69, 9.17) is 0 Å². The molecule has 0 spiro atoms. The molecule has 1 aromatic carbocycles. The summed E-state index contributed by atoms with van der Waals surface area (Å²) in [5, 5.41) is 3.50. The maximum Gasteiger partial charge on any atom is 0.0437 e. The van der Waals surface area contributed by atoms with E-state index in [0.717, 1.165) is 26.1 Å². The Hall–Kier alpha value is -1.02. The third kappa shape index (κ3) is 2.81. The number of nitrogens with zero attached hydrogens (tertiary/aromatic N) is 1. The molecule has 2 rings (SSSR count). The summed E-state index contributed by atoms with van der Waals surface area (Å²) in [6, 6.07) is 9.69. The van der Waals surface area contributed by atoms with E-state index >= 15 is 0 Å². The van der Waals surface area contributed by atoms with Crippen molar-refractivity contribution in [2.75, 3.05) is 24.5 Å². The van der Waals surface area contributed by atoms with Crippen LogP contribution in [-0.4, -0.2) is 25.7 Å². The standard InChI is InChI=1S/C15H24N2/c1-4-13-5-7-14(8-6-13)17-10-9-16-11-15(17)12(2)3/h5-8,12,15-16H,4,9-11H2,1-3H3. The van der Waals surface area contributed by atoms with Crippen LogP contribution in [0.3, 0.4) is 0 Å². The summed E-state index contributed by atoms with van der Waals surface area (Å²) >= 11 is 0. The molecule has 1 fully saturated rings. The number of benzene rings is 1. The van der Waals surface area contributed by atoms with Crippen molar-refractivity contribution in [2.24, 2.45) is 5.92 Å². The Labute approximate surface area is 105 Å². The first-order valence-electron chi connectivity index (χ1n) is 6.78. The van der Waals surface area contributed by atoms with Crippen molar-refractivity contribution in [2.45, 2.75) is 33.2 Å². The smallest absolute Gasteiger partial charge is 0.0437 e. The molecule has 1 heterocycles. The Kier molecular flexibility index (Phi) is 4.06. The highest BCUT2D eigenvalue weighted by Gasteiger charge is 2.24. The number of piperazine rings is 1. The van der Waals surface area contributed by atoms with Crippen molar-refractivity contribution in [1.29, 1.82) is 0 Å². The summed E-state index contributed by atoms with van der Waals surface area (Å²) in [6.07, 6.45) is 1.12. The first kappa shape index (κ1) is 12.4. The predicted molar refractivity (Wildman–Crippen MR) is 74.7 cm³/mol. The van der Waals surface area contributed by atoms with E-state index < -0.39 is 0 Å². The molecule has 0 bridgehead atoms. The molecule has 0 amide bonds. The Morgan fingerprint density at radius 3 is 2.59 bits per heavy atom. The van der Waals surface area contributed by atoms with E-state index in [1.807, 2.05) is 0 Å².